The molecule has 21 heavy (non-hydrogen) atoms. The fourth-order valence-electron chi connectivity index (χ4n) is 2.18. The first-order valence-electron chi connectivity index (χ1n) is 6.93. The smallest absolute Gasteiger partial charge is 0.122 e. The van der Waals surface area contributed by atoms with Crippen LogP contribution < -0.4 is 14.8 Å². The van der Waals surface area contributed by atoms with Crippen LogP contribution in [0.2, 0.25) is 0 Å². The molecule has 112 valence electrons. The molecule has 0 aromatic heterocycles. The Balaban J connectivity index is 1.90. The molecule has 0 spiro atoms. The lowest BCUT2D eigenvalue weighted by Gasteiger charge is -2.11. The predicted molar refractivity (Wildman–Crippen MR) is 83.1 cm³/mol. The van der Waals surface area contributed by atoms with E-state index in [-0.39, 0.29) is 0 Å². The van der Waals surface area contributed by atoms with Crippen molar-refractivity contribution in [1.82, 2.24) is 5.32 Å². The topological polar surface area (TPSA) is 50.7 Å². The van der Waals surface area contributed by atoms with Crippen molar-refractivity contribution in [1.29, 1.82) is 0 Å². The summed E-state index contributed by atoms with van der Waals surface area (Å²) in [5.74, 6) is 2.01. The number of hydrogen-bond donors (Lipinski definition) is 2. The maximum Gasteiger partial charge on any atom is 0.122 e. The van der Waals surface area contributed by atoms with Crippen LogP contribution in [0.25, 0.3) is 0 Å². The van der Waals surface area contributed by atoms with Crippen LogP contribution in [0, 0.1) is 0 Å². The molecule has 2 rings (SSSR count). The Bertz CT molecular complexity index is 584. The molecule has 0 fully saturated rings. The summed E-state index contributed by atoms with van der Waals surface area (Å²) in [6.07, 6.45) is 0.827. The van der Waals surface area contributed by atoms with Crippen molar-refractivity contribution in [3.05, 3.63) is 53.6 Å². The molecule has 4 nitrogen and oxygen atoms in total. The molecule has 0 bridgehead atoms. The fourth-order valence-corrected chi connectivity index (χ4v) is 2.18. The van der Waals surface area contributed by atoms with Gasteiger partial charge in [0, 0.05) is 12.1 Å². The lowest BCUT2D eigenvalue weighted by atomic mass is 10.1. The Morgan fingerprint density at radius 2 is 1.81 bits per heavy atom. The second kappa shape index (κ2) is 7.55. The molecule has 0 radical (unpaired) electrons. The van der Waals surface area contributed by atoms with Crippen LogP contribution in [0.4, 0.5) is 0 Å². The average molecular weight is 287 g/mol. The SMILES string of the molecule is COc1ccc(OC)c(CCNCc2ccccc2O)c1. The number of ether oxygens (including phenoxy) is 2. The minimum absolute atomic E-state index is 0.323. The molecule has 0 unspecified atom stereocenters. The Morgan fingerprint density at radius 3 is 2.52 bits per heavy atom. The van der Waals surface area contributed by atoms with Gasteiger partial charge in [0.15, 0.2) is 0 Å². The van der Waals surface area contributed by atoms with Crippen molar-refractivity contribution in [2.75, 3.05) is 20.8 Å². The summed E-state index contributed by atoms with van der Waals surface area (Å²) in [6, 6.07) is 13.1. The third-order valence-electron chi connectivity index (χ3n) is 3.37. The van der Waals surface area contributed by atoms with Crippen LogP contribution in [-0.2, 0) is 13.0 Å². The monoisotopic (exact) mass is 287 g/mol. The van der Waals surface area contributed by atoms with Gasteiger partial charge < -0.3 is 19.9 Å². The van der Waals surface area contributed by atoms with E-state index < -0.39 is 0 Å². The van der Waals surface area contributed by atoms with Gasteiger partial charge in [0.05, 0.1) is 14.2 Å². The zero-order valence-corrected chi connectivity index (χ0v) is 12.4. The maximum absolute atomic E-state index is 9.70. The molecule has 0 amide bonds. The first kappa shape index (κ1) is 15.2. The third-order valence-corrected chi connectivity index (χ3v) is 3.37. The van der Waals surface area contributed by atoms with Crippen LogP contribution in [0.1, 0.15) is 11.1 Å². The van der Waals surface area contributed by atoms with Crippen LogP contribution in [-0.4, -0.2) is 25.9 Å². The van der Waals surface area contributed by atoms with Gasteiger partial charge >= 0.3 is 0 Å². The van der Waals surface area contributed by atoms with Gasteiger partial charge in [-0.3, -0.25) is 0 Å². The zero-order chi connectivity index (χ0) is 15.1. The van der Waals surface area contributed by atoms with Crippen LogP contribution in [0.15, 0.2) is 42.5 Å². The van der Waals surface area contributed by atoms with Gasteiger partial charge in [-0.15, -0.1) is 0 Å². The normalized spacial score (nSPS) is 10.4. The van der Waals surface area contributed by atoms with E-state index in [4.69, 9.17) is 9.47 Å². The van der Waals surface area contributed by atoms with E-state index >= 15 is 0 Å². The lowest BCUT2D eigenvalue weighted by Crippen LogP contribution is -2.17. The maximum atomic E-state index is 9.70. The molecular weight excluding hydrogens is 266 g/mol. The third kappa shape index (κ3) is 4.13. The highest BCUT2D eigenvalue weighted by Gasteiger charge is 2.05. The van der Waals surface area contributed by atoms with Gasteiger partial charge in [-0.2, -0.15) is 0 Å². The van der Waals surface area contributed by atoms with Gasteiger partial charge in [0.2, 0.25) is 0 Å². The molecular formula is C17H21NO3. The summed E-state index contributed by atoms with van der Waals surface area (Å²) in [5, 5.41) is 13.0. The molecule has 2 N–H and O–H groups in total. The van der Waals surface area contributed by atoms with E-state index in [0.717, 1.165) is 35.6 Å². The minimum Gasteiger partial charge on any atom is -0.508 e. The highest BCUT2D eigenvalue weighted by atomic mass is 16.5. The summed E-state index contributed by atoms with van der Waals surface area (Å²) in [5.41, 5.74) is 2.00. The summed E-state index contributed by atoms with van der Waals surface area (Å²) in [6.45, 7) is 1.43. The van der Waals surface area contributed by atoms with Crippen LogP contribution in [0.5, 0.6) is 17.2 Å². The quantitative estimate of drug-likeness (QED) is 0.769. The second-order valence-electron chi connectivity index (χ2n) is 4.73. The molecule has 2 aromatic carbocycles. The van der Waals surface area contributed by atoms with E-state index in [1.165, 1.54) is 0 Å². The molecule has 0 aliphatic heterocycles. The van der Waals surface area contributed by atoms with Gasteiger partial charge in [-0.05, 0) is 42.8 Å². The summed E-state index contributed by atoms with van der Waals surface area (Å²) < 4.78 is 10.6. The molecule has 0 aliphatic rings. The number of nitrogens with one attached hydrogen (secondary N) is 1. The Morgan fingerprint density at radius 1 is 1.00 bits per heavy atom. The lowest BCUT2D eigenvalue weighted by molar-refractivity contribution is 0.398. The number of aromatic hydroxyl groups is 1. The van der Waals surface area contributed by atoms with Gasteiger partial charge in [-0.1, -0.05) is 18.2 Å². The molecule has 2 aromatic rings. The number of rotatable bonds is 7. The van der Waals surface area contributed by atoms with Crippen LogP contribution in [0.3, 0.4) is 0 Å². The van der Waals surface area contributed by atoms with Crippen molar-refractivity contribution in [2.24, 2.45) is 0 Å². The van der Waals surface area contributed by atoms with Gasteiger partial charge in [-0.25, -0.2) is 0 Å². The van der Waals surface area contributed by atoms with Crippen LogP contribution >= 0.6 is 0 Å². The van der Waals surface area contributed by atoms with E-state index in [1.807, 2.05) is 36.4 Å². The number of methoxy groups -OCH3 is 2. The van der Waals surface area contributed by atoms with Crippen molar-refractivity contribution >= 4 is 0 Å². The molecule has 0 saturated carbocycles. The zero-order valence-electron chi connectivity index (χ0n) is 12.4. The largest absolute Gasteiger partial charge is 0.508 e. The summed E-state index contributed by atoms with van der Waals surface area (Å²) >= 11 is 0. The number of hydrogen-bond acceptors (Lipinski definition) is 4. The standard InChI is InChI=1S/C17H21NO3/c1-20-15-7-8-17(21-2)13(11-15)9-10-18-12-14-5-3-4-6-16(14)19/h3-8,11,18-19H,9-10,12H2,1-2H3. The number of phenolic OH excluding ortho intramolecular Hbond substituents is 1. The highest BCUT2D eigenvalue weighted by molar-refractivity contribution is 5.40. The van der Waals surface area contributed by atoms with E-state index in [9.17, 15) is 5.11 Å². The van der Waals surface area contributed by atoms with Crippen molar-refractivity contribution < 1.29 is 14.6 Å². The Kier molecular flexibility index (Phi) is 5.46. The van der Waals surface area contributed by atoms with Crippen molar-refractivity contribution in [3.63, 3.8) is 0 Å². The Hall–Kier alpha value is -2.20. The molecule has 4 heteroatoms. The van der Waals surface area contributed by atoms with E-state index in [0.29, 0.717) is 12.3 Å². The van der Waals surface area contributed by atoms with Crippen molar-refractivity contribution in [2.45, 2.75) is 13.0 Å². The molecule has 0 aliphatic carbocycles. The summed E-state index contributed by atoms with van der Waals surface area (Å²) in [7, 11) is 3.32. The minimum atomic E-state index is 0.323. The van der Waals surface area contributed by atoms with Crippen molar-refractivity contribution in [3.8, 4) is 17.2 Å². The first-order chi connectivity index (χ1) is 10.2. The fraction of sp³-hybridized carbons (Fsp3) is 0.294. The van der Waals surface area contributed by atoms with Gasteiger partial charge in [0.1, 0.15) is 17.2 Å². The summed E-state index contributed by atoms with van der Waals surface area (Å²) in [4.78, 5) is 0. The van der Waals surface area contributed by atoms with E-state index in [2.05, 4.69) is 5.32 Å². The first-order valence-corrected chi connectivity index (χ1v) is 6.93. The molecule has 0 saturated heterocycles. The number of phenols is 1. The Labute approximate surface area is 125 Å². The number of benzene rings is 2. The molecule has 0 heterocycles. The average Bonchev–Trinajstić information content (AvgIpc) is 2.52. The van der Waals surface area contributed by atoms with Gasteiger partial charge in [0.25, 0.3) is 0 Å². The highest BCUT2D eigenvalue weighted by Crippen LogP contribution is 2.24. The predicted octanol–water partition coefficient (Wildman–Crippen LogP) is 2.74. The van der Waals surface area contributed by atoms with E-state index in [1.54, 1.807) is 20.3 Å². The molecule has 0 atom stereocenters. The number of para-hydroxylation sites is 1. The second-order valence-corrected chi connectivity index (χ2v) is 4.73.